The van der Waals surface area contributed by atoms with Crippen molar-refractivity contribution in [2.75, 3.05) is 31.1 Å². The Morgan fingerprint density at radius 2 is 1.66 bits per heavy atom. The second-order valence-corrected chi connectivity index (χ2v) is 9.14. The van der Waals surface area contributed by atoms with Gasteiger partial charge in [0.05, 0.1) is 0 Å². The van der Waals surface area contributed by atoms with Crippen molar-refractivity contribution in [3.05, 3.63) is 54.1 Å². The van der Waals surface area contributed by atoms with Crippen LogP contribution < -0.4 is 21.3 Å². The van der Waals surface area contributed by atoms with Gasteiger partial charge in [0.25, 0.3) is 0 Å². The summed E-state index contributed by atoms with van der Waals surface area (Å²) in [5, 5.41) is 7.32. The highest BCUT2D eigenvalue weighted by Crippen LogP contribution is 2.42. The molecule has 1 saturated heterocycles. The number of hydrogen-bond acceptors (Lipinski definition) is 4. The van der Waals surface area contributed by atoms with Crippen LogP contribution in [-0.4, -0.2) is 44.3 Å². The van der Waals surface area contributed by atoms with Gasteiger partial charge < -0.3 is 21.3 Å². The Morgan fingerprint density at radius 3 is 2.41 bits per heavy atom. The molecule has 5 rings (SSSR count). The van der Waals surface area contributed by atoms with Crippen LogP contribution in [0.15, 0.2) is 48.5 Å². The van der Waals surface area contributed by atoms with Crippen LogP contribution in [0, 0.1) is 0 Å². The highest BCUT2D eigenvalue weighted by atomic mass is 15.2. The number of anilines is 1. The maximum Gasteiger partial charge on any atom is 0.0373 e. The molecule has 2 aliphatic carbocycles. The SMILES string of the molecule is NC1CCC(N[C@H]2C[C@@H]2c2ccc(-c3cccc(N4CCNCC4)c3)cc2)CC1. The van der Waals surface area contributed by atoms with E-state index < -0.39 is 0 Å². The Bertz CT molecular complexity index is 804. The fourth-order valence-corrected chi connectivity index (χ4v) is 5.06. The lowest BCUT2D eigenvalue weighted by molar-refractivity contribution is 0.339. The predicted octanol–water partition coefficient (Wildman–Crippen LogP) is 3.48. The van der Waals surface area contributed by atoms with Crippen molar-refractivity contribution in [2.24, 2.45) is 5.73 Å². The Morgan fingerprint density at radius 1 is 0.897 bits per heavy atom. The van der Waals surface area contributed by atoms with Crippen LogP contribution in [0.4, 0.5) is 5.69 Å². The third kappa shape index (κ3) is 4.50. The van der Waals surface area contributed by atoms with Crippen molar-refractivity contribution >= 4 is 5.69 Å². The van der Waals surface area contributed by atoms with E-state index in [0.717, 1.165) is 26.2 Å². The van der Waals surface area contributed by atoms with Crippen molar-refractivity contribution in [1.29, 1.82) is 0 Å². The van der Waals surface area contributed by atoms with Gasteiger partial charge in [0, 0.05) is 55.9 Å². The fourth-order valence-electron chi connectivity index (χ4n) is 5.06. The van der Waals surface area contributed by atoms with Gasteiger partial charge in [-0.1, -0.05) is 36.4 Å². The van der Waals surface area contributed by atoms with E-state index in [-0.39, 0.29) is 0 Å². The number of hydrogen-bond donors (Lipinski definition) is 3. The molecule has 2 atom stereocenters. The van der Waals surface area contributed by atoms with Crippen molar-refractivity contribution in [1.82, 2.24) is 10.6 Å². The first-order valence-corrected chi connectivity index (χ1v) is 11.4. The van der Waals surface area contributed by atoms with Gasteiger partial charge in [-0.3, -0.25) is 0 Å². The molecule has 1 heterocycles. The summed E-state index contributed by atoms with van der Waals surface area (Å²) >= 11 is 0. The normalized spacial score (nSPS) is 29.6. The standard InChI is InChI=1S/C25H34N4/c26-21-8-10-22(11-9-21)28-25-17-24(25)19-6-4-18(5-7-19)20-2-1-3-23(16-20)29-14-12-27-13-15-29/h1-7,16,21-22,24-25,27-28H,8-15,17,26H2/t21?,22?,24-,25+/m1/s1. The van der Waals surface area contributed by atoms with Gasteiger partial charge >= 0.3 is 0 Å². The van der Waals surface area contributed by atoms with Gasteiger partial charge in [-0.25, -0.2) is 0 Å². The first-order valence-electron chi connectivity index (χ1n) is 11.4. The second kappa shape index (κ2) is 8.47. The molecule has 2 aromatic rings. The molecular weight excluding hydrogens is 356 g/mol. The van der Waals surface area contributed by atoms with Crippen LogP contribution in [-0.2, 0) is 0 Å². The predicted molar refractivity (Wildman–Crippen MR) is 121 cm³/mol. The van der Waals surface area contributed by atoms with E-state index in [9.17, 15) is 0 Å². The van der Waals surface area contributed by atoms with Gasteiger partial charge in [-0.15, -0.1) is 0 Å². The summed E-state index contributed by atoms with van der Waals surface area (Å²) in [6, 6.07) is 20.1. The average molecular weight is 391 g/mol. The molecule has 4 heteroatoms. The third-order valence-electron chi connectivity index (χ3n) is 7.01. The van der Waals surface area contributed by atoms with E-state index in [1.807, 2.05) is 0 Å². The number of piperazine rings is 1. The zero-order valence-electron chi connectivity index (χ0n) is 17.3. The minimum atomic E-state index is 0.431. The summed E-state index contributed by atoms with van der Waals surface area (Å²) in [5.41, 5.74) is 11.5. The van der Waals surface area contributed by atoms with Crippen molar-refractivity contribution < 1.29 is 0 Å². The third-order valence-corrected chi connectivity index (χ3v) is 7.01. The zero-order valence-corrected chi connectivity index (χ0v) is 17.3. The second-order valence-electron chi connectivity index (χ2n) is 9.14. The molecule has 0 radical (unpaired) electrons. The molecule has 1 aliphatic heterocycles. The monoisotopic (exact) mass is 390 g/mol. The van der Waals surface area contributed by atoms with Crippen molar-refractivity contribution in [3.63, 3.8) is 0 Å². The first kappa shape index (κ1) is 19.1. The van der Waals surface area contributed by atoms with Crippen LogP contribution in [0.1, 0.15) is 43.6 Å². The minimum absolute atomic E-state index is 0.431. The lowest BCUT2D eigenvalue weighted by atomic mass is 9.92. The lowest BCUT2D eigenvalue weighted by Gasteiger charge is -2.29. The highest BCUT2D eigenvalue weighted by molar-refractivity contribution is 5.69. The summed E-state index contributed by atoms with van der Waals surface area (Å²) in [5.74, 6) is 0.687. The Labute approximate surface area is 174 Å². The van der Waals surface area contributed by atoms with Crippen molar-refractivity contribution in [2.45, 2.75) is 56.1 Å². The van der Waals surface area contributed by atoms with E-state index in [0.29, 0.717) is 24.0 Å². The maximum absolute atomic E-state index is 6.04. The maximum atomic E-state index is 6.04. The average Bonchev–Trinajstić information content (AvgIpc) is 3.55. The van der Waals surface area contributed by atoms with E-state index in [2.05, 4.69) is 64.1 Å². The highest BCUT2D eigenvalue weighted by Gasteiger charge is 2.39. The number of benzene rings is 2. The Hall–Kier alpha value is -1.88. The molecule has 3 aliphatic rings. The number of nitrogens with one attached hydrogen (secondary N) is 2. The Balaban J connectivity index is 1.21. The molecule has 3 fully saturated rings. The van der Waals surface area contributed by atoms with Gasteiger partial charge in [-0.05, 0) is 60.9 Å². The summed E-state index contributed by atoms with van der Waals surface area (Å²) in [6.07, 6.45) is 6.12. The van der Waals surface area contributed by atoms with Gasteiger partial charge in [0.15, 0.2) is 0 Å². The van der Waals surface area contributed by atoms with Crippen molar-refractivity contribution in [3.8, 4) is 11.1 Å². The minimum Gasteiger partial charge on any atom is -0.369 e. The molecule has 29 heavy (non-hydrogen) atoms. The van der Waals surface area contributed by atoms with E-state index >= 15 is 0 Å². The molecule has 4 nitrogen and oxygen atoms in total. The summed E-state index contributed by atoms with van der Waals surface area (Å²) < 4.78 is 0. The molecule has 0 aromatic heterocycles. The molecule has 0 amide bonds. The molecule has 2 saturated carbocycles. The van der Waals surface area contributed by atoms with Gasteiger partial charge in [0.2, 0.25) is 0 Å². The van der Waals surface area contributed by atoms with Crippen LogP contribution in [0.25, 0.3) is 11.1 Å². The Kier molecular flexibility index (Phi) is 5.58. The first-order chi connectivity index (χ1) is 14.3. The molecule has 2 aromatic carbocycles. The van der Waals surface area contributed by atoms with Crippen LogP contribution >= 0.6 is 0 Å². The lowest BCUT2D eigenvalue weighted by Crippen LogP contribution is -2.43. The summed E-state index contributed by atoms with van der Waals surface area (Å²) in [6.45, 7) is 4.32. The van der Waals surface area contributed by atoms with E-state index in [4.69, 9.17) is 5.73 Å². The number of rotatable bonds is 5. The van der Waals surface area contributed by atoms with Gasteiger partial charge in [0.1, 0.15) is 0 Å². The largest absolute Gasteiger partial charge is 0.369 e. The smallest absolute Gasteiger partial charge is 0.0373 e. The molecule has 4 N–H and O–H groups in total. The summed E-state index contributed by atoms with van der Waals surface area (Å²) in [7, 11) is 0. The number of nitrogens with two attached hydrogens (primary N) is 1. The zero-order chi connectivity index (χ0) is 19.6. The molecule has 0 unspecified atom stereocenters. The van der Waals surface area contributed by atoms with Crippen LogP contribution in [0.5, 0.6) is 0 Å². The summed E-state index contributed by atoms with van der Waals surface area (Å²) in [4.78, 5) is 2.48. The van der Waals surface area contributed by atoms with Gasteiger partial charge in [-0.2, -0.15) is 0 Å². The molecule has 154 valence electrons. The van der Waals surface area contributed by atoms with E-state index in [1.165, 1.54) is 54.5 Å². The molecule has 0 spiro atoms. The fraction of sp³-hybridized carbons (Fsp3) is 0.520. The molecular formula is C25H34N4. The quantitative estimate of drug-likeness (QED) is 0.732. The van der Waals surface area contributed by atoms with Crippen LogP contribution in [0.3, 0.4) is 0 Å². The molecule has 0 bridgehead atoms. The van der Waals surface area contributed by atoms with E-state index in [1.54, 1.807) is 0 Å². The van der Waals surface area contributed by atoms with Crippen LogP contribution in [0.2, 0.25) is 0 Å². The topological polar surface area (TPSA) is 53.3 Å². The number of nitrogens with zero attached hydrogens (tertiary/aromatic N) is 1.